The van der Waals surface area contributed by atoms with Crippen LogP contribution in [0, 0.1) is 6.92 Å². The summed E-state index contributed by atoms with van der Waals surface area (Å²) in [6, 6.07) is 5.62. The highest BCUT2D eigenvalue weighted by atomic mass is 16.6. The Bertz CT molecular complexity index is 842. The lowest BCUT2D eigenvalue weighted by molar-refractivity contribution is 0.0527. The lowest BCUT2D eigenvalue weighted by atomic mass is 10.1. The van der Waals surface area contributed by atoms with Crippen molar-refractivity contribution in [2.24, 2.45) is 0 Å². The van der Waals surface area contributed by atoms with Crippen LogP contribution >= 0.6 is 0 Å². The molecule has 1 aromatic carbocycles. The molecule has 1 N–H and O–H groups in total. The first-order valence-corrected chi connectivity index (χ1v) is 7.94. The number of hydroxylamine groups is 1. The molecule has 7 heteroatoms. The van der Waals surface area contributed by atoms with Crippen LogP contribution in [-0.4, -0.2) is 39.9 Å². The summed E-state index contributed by atoms with van der Waals surface area (Å²) in [5.74, 6) is -0.390. The summed E-state index contributed by atoms with van der Waals surface area (Å²) in [6.45, 7) is 2.65. The van der Waals surface area contributed by atoms with Crippen LogP contribution in [0.2, 0.25) is 0 Å². The molecule has 2 aliphatic rings. The minimum atomic E-state index is -0.402. The Morgan fingerprint density at radius 2 is 2.25 bits per heavy atom. The Morgan fingerprint density at radius 1 is 1.42 bits per heavy atom. The molecule has 2 amide bonds. The first-order chi connectivity index (χ1) is 11.6. The van der Waals surface area contributed by atoms with E-state index in [4.69, 9.17) is 4.84 Å². The fourth-order valence-electron chi connectivity index (χ4n) is 3.66. The lowest BCUT2D eigenvalue weighted by Gasteiger charge is -2.22. The molecule has 0 bridgehead atoms. The van der Waals surface area contributed by atoms with Crippen molar-refractivity contribution in [2.75, 3.05) is 13.7 Å². The number of nitrogens with one attached hydrogen (secondary N) is 1. The zero-order valence-electron chi connectivity index (χ0n) is 13.6. The first-order valence-electron chi connectivity index (χ1n) is 7.94. The second kappa shape index (κ2) is 5.45. The van der Waals surface area contributed by atoms with E-state index < -0.39 is 5.91 Å². The molecule has 0 spiro atoms. The predicted octanol–water partition coefficient (Wildman–Crippen LogP) is 1.76. The number of aryl methyl sites for hydroxylation is 1. The molecule has 3 heterocycles. The van der Waals surface area contributed by atoms with Gasteiger partial charge in [-0.1, -0.05) is 11.6 Å². The highest BCUT2D eigenvalue weighted by Gasteiger charge is 2.39. The molecule has 1 saturated heterocycles. The van der Waals surface area contributed by atoms with Gasteiger partial charge in [0, 0.05) is 6.54 Å². The highest BCUT2D eigenvalue weighted by molar-refractivity contribution is 6.00. The Labute approximate surface area is 139 Å². The predicted molar refractivity (Wildman–Crippen MR) is 85.8 cm³/mol. The van der Waals surface area contributed by atoms with E-state index in [-0.39, 0.29) is 11.9 Å². The van der Waals surface area contributed by atoms with E-state index in [9.17, 15) is 9.59 Å². The van der Waals surface area contributed by atoms with E-state index in [0.717, 1.165) is 29.8 Å². The molecular formula is C17H18N4O3. The van der Waals surface area contributed by atoms with Crippen molar-refractivity contribution in [2.45, 2.75) is 25.8 Å². The van der Waals surface area contributed by atoms with Gasteiger partial charge in [0.25, 0.3) is 11.8 Å². The van der Waals surface area contributed by atoms with Gasteiger partial charge in [0.2, 0.25) is 0 Å². The molecular weight excluding hydrogens is 308 g/mol. The van der Waals surface area contributed by atoms with Gasteiger partial charge in [0.1, 0.15) is 6.33 Å². The van der Waals surface area contributed by atoms with Crippen LogP contribution in [0.3, 0.4) is 0 Å². The van der Waals surface area contributed by atoms with E-state index in [2.05, 4.69) is 10.5 Å². The van der Waals surface area contributed by atoms with Gasteiger partial charge in [-0.2, -0.15) is 0 Å². The third kappa shape index (κ3) is 2.05. The summed E-state index contributed by atoms with van der Waals surface area (Å²) >= 11 is 0. The Balaban J connectivity index is 1.96. The molecule has 7 nitrogen and oxygen atoms in total. The number of nitrogens with zero attached hydrogens (tertiary/aromatic N) is 3. The first kappa shape index (κ1) is 14.9. The molecule has 0 radical (unpaired) electrons. The van der Waals surface area contributed by atoms with Crippen molar-refractivity contribution in [1.29, 1.82) is 0 Å². The number of carbonyl (C=O) groups is 2. The number of imidazole rings is 1. The topological polar surface area (TPSA) is 76.5 Å². The third-order valence-electron chi connectivity index (χ3n) is 4.69. The molecule has 124 valence electrons. The van der Waals surface area contributed by atoms with Crippen LogP contribution in [0.4, 0.5) is 0 Å². The maximum absolute atomic E-state index is 13.0. The standard InChI is InChI=1S/C17H18N4O3/c1-10-5-6-12-11(8-10)17(23)20-7-3-4-13(20)15-14(16(22)19-24-2)18-9-21(12)15/h5-6,8-9,13H,3-4,7H2,1-2H3,(H,19,22)/t13-/m0/s1. The maximum Gasteiger partial charge on any atom is 0.295 e. The van der Waals surface area contributed by atoms with Crippen molar-refractivity contribution in [3.8, 4) is 5.69 Å². The average Bonchev–Trinajstić information content (AvgIpc) is 3.18. The van der Waals surface area contributed by atoms with Gasteiger partial charge in [-0.05, 0) is 31.9 Å². The summed E-state index contributed by atoms with van der Waals surface area (Å²) in [6.07, 6.45) is 3.34. The molecule has 24 heavy (non-hydrogen) atoms. The zero-order chi connectivity index (χ0) is 16.8. The van der Waals surface area contributed by atoms with Crippen LogP contribution in [0.1, 0.15) is 51.0 Å². The van der Waals surface area contributed by atoms with E-state index in [1.54, 1.807) is 6.33 Å². The Hall–Kier alpha value is -2.67. The van der Waals surface area contributed by atoms with Crippen LogP contribution in [0.15, 0.2) is 24.5 Å². The second-order valence-electron chi connectivity index (χ2n) is 6.16. The van der Waals surface area contributed by atoms with Gasteiger partial charge < -0.3 is 4.90 Å². The molecule has 2 aromatic rings. The molecule has 0 saturated carbocycles. The quantitative estimate of drug-likeness (QED) is 0.853. The molecule has 1 aromatic heterocycles. The maximum atomic E-state index is 13.0. The van der Waals surface area contributed by atoms with Gasteiger partial charge in [0.15, 0.2) is 5.69 Å². The van der Waals surface area contributed by atoms with Gasteiger partial charge >= 0.3 is 0 Å². The fourth-order valence-corrected chi connectivity index (χ4v) is 3.66. The lowest BCUT2D eigenvalue weighted by Crippen LogP contribution is -2.31. The minimum Gasteiger partial charge on any atom is -0.330 e. The Morgan fingerprint density at radius 3 is 3.04 bits per heavy atom. The minimum absolute atomic E-state index is 0.0120. The number of fused-ring (bicyclic) bond motifs is 5. The smallest absolute Gasteiger partial charge is 0.295 e. The molecule has 1 fully saturated rings. The van der Waals surface area contributed by atoms with Gasteiger partial charge in [-0.15, -0.1) is 0 Å². The molecule has 1 atom stereocenters. The number of rotatable bonds is 2. The largest absolute Gasteiger partial charge is 0.330 e. The number of aromatic nitrogens is 2. The average molecular weight is 326 g/mol. The Kier molecular flexibility index (Phi) is 3.38. The van der Waals surface area contributed by atoms with Crippen molar-refractivity contribution >= 4 is 11.8 Å². The van der Waals surface area contributed by atoms with Crippen LogP contribution in [-0.2, 0) is 4.84 Å². The third-order valence-corrected chi connectivity index (χ3v) is 4.69. The number of carbonyl (C=O) groups excluding carboxylic acids is 2. The summed E-state index contributed by atoms with van der Waals surface area (Å²) < 4.78 is 1.87. The SMILES string of the molecule is CONC(=O)c1ncn2c1[C@@H]1CCCN1C(=O)c1cc(C)ccc1-2. The van der Waals surface area contributed by atoms with E-state index in [0.29, 0.717) is 17.8 Å². The number of amides is 2. The summed E-state index contributed by atoms with van der Waals surface area (Å²) in [4.78, 5) is 36.2. The van der Waals surface area contributed by atoms with Gasteiger partial charge in [-0.25, -0.2) is 10.5 Å². The summed E-state index contributed by atoms with van der Waals surface area (Å²) in [5, 5.41) is 0. The second-order valence-corrected chi connectivity index (χ2v) is 6.16. The zero-order valence-corrected chi connectivity index (χ0v) is 13.6. The number of hydrogen-bond acceptors (Lipinski definition) is 4. The molecule has 0 unspecified atom stereocenters. The fraction of sp³-hybridized carbons (Fsp3) is 0.353. The van der Waals surface area contributed by atoms with Crippen molar-refractivity contribution < 1.29 is 14.4 Å². The van der Waals surface area contributed by atoms with E-state index >= 15 is 0 Å². The molecule has 4 rings (SSSR count). The monoisotopic (exact) mass is 326 g/mol. The normalized spacial score (nSPS) is 18.7. The summed E-state index contributed by atoms with van der Waals surface area (Å²) in [5.41, 5.74) is 5.81. The van der Waals surface area contributed by atoms with Crippen LogP contribution in [0.25, 0.3) is 5.69 Å². The molecule has 0 aliphatic carbocycles. The van der Waals surface area contributed by atoms with Crippen LogP contribution in [0.5, 0.6) is 0 Å². The number of benzene rings is 1. The van der Waals surface area contributed by atoms with Crippen molar-refractivity contribution in [3.05, 3.63) is 47.0 Å². The summed E-state index contributed by atoms with van der Waals surface area (Å²) in [7, 11) is 1.39. The number of hydrogen-bond donors (Lipinski definition) is 1. The van der Waals surface area contributed by atoms with E-state index in [1.807, 2.05) is 34.6 Å². The van der Waals surface area contributed by atoms with Gasteiger partial charge in [-0.3, -0.25) is 19.0 Å². The van der Waals surface area contributed by atoms with Crippen molar-refractivity contribution in [3.63, 3.8) is 0 Å². The van der Waals surface area contributed by atoms with Crippen LogP contribution < -0.4 is 5.48 Å². The molecule has 2 aliphatic heterocycles. The highest BCUT2D eigenvalue weighted by Crippen LogP contribution is 2.39. The van der Waals surface area contributed by atoms with Crippen molar-refractivity contribution in [1.82, 2.24) is 19.9 Å². The van der Waals surface area contributed by atoms with Gasteiger partial charge in [0.05, 0.1) is 30.1 Å². The van der Waals surface area contributed by atoms with E-state index in [1.165, 1.54) is 7.11 Å².